The molecule has 0 heterocycles. The van der Waals surface area contributed by atoms with Gasteiger partial charge < -0.3 is 4.79 Å². The zero-order valence-electron chi connectivity index (χ0n) is 7.73. The fourth-order valence-corrected chi connectivity index (χ4v) is 0.665. The largest absolute Gasteiger partial charge is 0.300 e. The van der Waals surface area contributed by atoms with Crippen LogP contribution in [0.4, 0.5) is 0 Å². The number of hydrogen-bond donors (Lipinski definition) is 0. The molecule has 0 spiro atoms. The summed E-state index contributed by atoms with van der Waals surface area (Å²) in [5.41, 5.74) is -0.328. The molecule has 0 aliphatic rings. The number of carbonyl (C=O) groups excluding carboxylic acids is 2. The average molecular weight is 156 g/mol. The third-order valence-electron chi connectivity index (χ3n) is 2.06. The van der Waals surface area contributed by atoms with E-state index in [-0.39, 0.29) is 17.0 Å². The van der Waals surface area contributed by atoms with Gasteiger partial charge in [-0.3, -0.25) is 4.79 Å². The smallest absolute Gasteiger partial charge is 0.135 e. The van der Waals surface area contributed by atoms with Crippen molar-refractivity contribution in [1.82, 2.24) is 0 Å². The van der Waals surface area contributed by atoms with E-state index >= 15 is 0 Å². The zero-order chi connectivity index (χ0) is 9.07. The Morgan fingerprint density at radius 2 is 1.64 bits per heavy atom. The molecule has 0 saturated heterocycles. The van der Waals surface area contributed by atoms with Crippen molar-refractivity contribution in [2.45, 2.75) is 40.5 Å². The number of ketones is 2. The van der Waals surface area contributed by atoms with Gasteiger partial charge in [-0.2, -0.15) is 0 Å². The lowest BCUT2D eigenvalue weighted by molar-refractivity contribution is -0.125. The fourth-order valence-electron chi connectivity index (χ4n) is 0.665. The first-order valence-corrected chi connectivity index (χ1v) is 3.87. The summed E-state index contributed by atoms with van der Waals surface area (Å²) >= 11 is 0. The predicted molar refractivity (Wildman–Crippen MR) is 44.4 cm³/mol. The van der Waals surface area contributed by atoms with E-state index in [0.29, 0.717) is 12.8 Å². The van der Waals surface area contributed by atoms with Crippen LogP contribution >= 0.6 is 0 Å². The Labute approximate surface area is 68.0 Å². The highest BCUT2D eigenvalue weighted by Crippen LogP contribution is 2.23. The molecule has 64 valence electrons. The van der Waals surface area contributed by atoms with E-state index in [4.69, 9.17) is 0 Å². The zero-order valence-corrected chi connectivity index (χ0v) is 7.73. The summed E-state index contributed by atoms with van der Waals surface area (Å²) in [6.07, 6.45) is 1.17. The van der Waals surface area contributed by atoms with Crippen molar-refractivity contribution in [1.29, 1.82) is 0 Å². The third-order valence-corrected chi connectivity index (χ3v) is 2.06. The minimum Gasteiger partial charge on any atom is -0.300 e. The van der Waals surface area contributed by atoms with E-state index in [9.17, 15) is 9.59 Å². The number of Topliss-reactive ketones (excluding diaryl/α,β-unsaturated/α-hetero) is 2. The van der Waals surface area contributed by atoms with E-state index in [1.54, 1.807) is 13.8 Å². The number of rotatable bonds is 4. The summed E-state index contributed by atoms with van der Waals surface area (Å²) in [7, 11) is 0. The minimum absolute atomic E-state index is 0.152. The van der Waals surface area contributed by atoms with Gasteiger partial charge in [-0.05, 0) is 20.3 Å². The lowest BCUT2D eigenvalue weighted by Crippen LogP contribution is -2.21. The second-order valence-electron chi connectivity index (χ2n) is 3.64. The van der Waals surface area contributed by atoms with Gasteiger partial charge in [-0.25, -0.2) is 0 Å². The van der Waals surface area contributed by atoms with Gasteiger partial charge in [0.2, 0.25) is 0 Å². The molecule has 0 aromatic heterocycles. The molecule has 2 heteroatoms. The van der Waals surface area contributed by atoms with Crippen LogP contribution in [0.3, 0.4) is 0 Å². The maximum Gasteiger partial charge on any atom is 0.135 e. The Hall–Kier alpha value is -0.660. The molecule has 0 fully saturated rings. The maximum absolute atomic E-state index is 11.0. The highest BCUT2D eigenvalue weighted by atomic mass is 16.1. The van der Waals surface area contributed by atoms with E-state index in [1.165, 1.54) is 0 Å². The van der Waals surface area contributed by atoms with Crippen LogP contribution in [0.25, 0.3) is 0 Å². The fraction of sp³-hybridized carbons (Fsp3) is 0.778. The van der Waals surface area contributed by atoms with Crippen LogP contribution in [0.2, 0.25) is 0 Å². The van der Waals surface area contributed by atoms with Crippen LogP contribution in [-0.2, 0) is 9.59 Å². The van der Waals surface area contributed by atoms with Crippen molar-refractivity contribution >= 4 is 11.6 Å². The Balaban J connectivity index is 3.92. The van der Waals surface area contributed by atoms with Crippen molar-refractivity contribution in [2.75, 3.05) is 0 Å². The maximum atomic E-state index is 11.0. The van der Waals surface area contributed by atoms with Gasteiger partial charge in [-0.15, -0.1) is 0 Å². The molecule has 0 aliphatic carbocycles. The van der Waals surface area contributed by atoms with Crippen molar-refractivity contribution in [2.24, 2.45) is 5.41 Å². The van der Waals surface area contributed by atoms with Crippen LogP contribution in [0.1, 0.15) is 40.5 Å². The van der Waals surface area contributed by atoms with Crippen molar-refractivity contribution in [3.8, 4) is 0 Å². The molecule has 0 radical (unpaired) electrons. The minimum atomic E-state index is -0.328. The summed E-state index contributed by atoms with van der Waals surface area (Å²) in [6, 6.07) is 0. The van der Waals surface area contributed by atoms with Gasteiger partial charge in [0, 0.05) is 11.8 Å². The van der Waals surface area contributed by atoms with Gasteiger partial charge in [-0.1, -0.05) is 13.8 Å². The molecule has 0 rings (SSSR count). The predicted octanol–water partition coefficient (Wildman–Crippen LogP) is 1.97. The van der Waals surface area contributed by atoms with Crippen LogP contribution in [-0.4, -0.2) is 11.6 Å². The Morgan fingerprint density at radius 1 is 1.18 bits per heavy atom. The first-order valence-electron chi connectivity index (χ1n) is 3.87. The van der Waals surface area contributed by atoms with Crippen LogP contribution in [0, 0.1) is 5.41 Å². The van der Waals surface area contributed by atoms with Crippen molar-refractivity contribution < 1.29 is 9.59 Å². The average Bonchev–Trinajstić information content (AvgIpc) is 1.84. The highest BCUT2D eigenvalue weighted by Gasteiger charge is 2.23. The van der Waals surface area contributed by atoms with E-state index in [2.05, 4.69) is 0 Å². The molecule has 0 saturated carbocycles. The number of carbonyl (C=O) groups is 2. The first-order chi connectivity index (χ1) is 4.86. The standard InChI is InChI=1S/C9H16O2/c1-7(10)5-6-9(3,4)8(2)11/h5-6H2,1-4H3. The topological polar surface area (TPSA) is 34.1 Å². The van der Waals surface area contributed by atoms with E-state index in [0.717, 1.165) is 0 Å². The van der Waals surface area contributed by atoms with Gasteiger partial charge in [0.25, 0.3) is 0 Å². The molecule has 0 bridgehead atoms. The molecule has 0 N–H and O–H groups in total. The molecule has 2 nitrogen and oxygen atoms in total. The van der Waals surface area contributed by atoms with Crippen LogP contribution < -0.4 is 0 Å². The Bertz CT molecular complexity index is 168. The summed E-state index contributed by atoms with van der Waals surface area (Å²) in [6.45, 7) is 6.87. The van der Waals surface area contributed by atoms with E-state index in [1.807, 2.05) is 13.8 Å². The molecule has 0 unspecified atom stereocenters. The lowest BCUT2D eigenvalue weighted by Gasteiger charge is -2.19. The summed E-state index contributed by atoms with van der Waals surface area (Å²) in [5, 5.41) is 0. The highest BCUT2D eigenvalue weighted by molar-refractivity contribution is 5.82. The Kier molecular flexibility index (Phi) is 3.43. The lowest BCUT2D eigenvalue weighted by atomic mass is 9.83. The first kappa shape index (κ1) is 10.3. The molecular formula is C9H16O2. The Morgan fingerprint density at radius 3 is 1.91 bits per heavy atom. The summed E-state index contributed by atoms with van der Waals surface area (Å²) < 4.78 is 0. The molecular weight excluding hydrogens is 140 g/mol. The number of hydrogen-bond acceptors (Lipinski definition) is 2. The van der Waals surface area contributed by atoms with Gasteiger partial charge in [0.1, 0.15) is 11.6 Å². The van der Waals surface area contributed by atoms with Crippen LogP contribution in [0.5, 0.6) is 0 Å². The van der Waals surface area contributed by atoms with Crippen molar-refractivity contribution in [3.05, 3.63) is 0 Å². The second kappa shape index (κ2) is 3.65. The van der Waals surface area contributed by atoms with Gasteiger partial charge in [0.15, 0.2) is 0 Å². The summed E-state index contributed by atoms with van der Waals surface area (Å²) in [5.74, 6) is 0.304. The monoisotopic (exact) mass is 156 g/mol. The third kappa shape index (κ3) is 3.91. The van der Waals surface area contributed by atoms with Crippen LogP contribution in [0.15, 0.2) is 0 Å². The molecule has 0 aromatic carbocycles. The SMILES string of the molecule is CC(=O)CCC(C)(C)C(C)=O. The van der Waals surface area contributed by atoms with Crippen molar-refractivity contribution in [3.63, 3.8) is 0 Å². The quantitative estimate of drug-likeness (QED) is 0.623. The van der Waals surface area contributed by atoms with Gasteiger partial charge >= 0.3 is 0 Å². The summed E-state index contributed by atoms with van der Waals surface area (Å²) in [4.78, 5) is 21.6. The normalized spacial score (nSPS) is 11.3. The molecule has 0 aromatic rings. The molecule has 0 atom stereocenters. The molecule has 11 heavy (non-hydrogen) atoms. The van der Waals surface area contributed by atoms with E-state index < -0.39 is 0 Å². The molecule has 0 amide bonds. The second-order valence-corrected chi connectivity index (χ2v) is 3.64. The van der Waals surface area contributed by atoms with Gasteiger partial charge in [0.05, 0.1) is 0 Å². The molecule has 0 aliphatic heterocycles.